The fourth-order valence-electron chi connectivity index (χ4n) is 10.3. The molecule has 0 aliphatic carbocycles. The first-order valence-electron chi connectivity index (χ1n) is 24.3. The van der Waals surface area contributed by atoms with Crippen LogP contribution in [0.3, 0.4) is 0 Å². The summed E-state index contributed by atoms with van der Waals surface area (Å²) in [5.74, 6) is -5.76. The first-order chi connectivity index (χ1) is 35.3. The Morgan fingerprint density at radius 2 is 1.04 bits per heavy atom. The molecule has 8 aromatic rings. The van der Waals surface area contributed by atoms with E-state index in [1.54, 1.807) is 11.5 Å². The van der Waals surface area contributed by atoms with Crippen LogP contribution in [0.2, 0.25) is 0 Å². The van der Waals surface area contributed by atoms with Crippen LogP contribution in [0.4, 0.5) is 18.9 Å². The Labute approximate surface area is 417 Å². The highest BCUT2D eigenvalue weighted by molar-refractivity contribution is 5.98. The second kappa shape index (κ2) is 20.4. The lowest BCUT2D eigenvalue weighted by molar-refractivity contribution is 0.0683. The van der Waals surface area contributed by atoms with E-state index in [0.717, 1.165) is 58.6 Å². The number of carboxylic acid groups (broad SMARTS) is 2. The van der Waals surface area contributed by atoms with Gasteiger partial charge in [0.05, 0.1) is 33.9 Å². The largest absolute Gasteiger partial charge is 0.487 e. The van der Waals surface area contributed by atoms with Crippen molar-refractivity contribution in [1.82, 2.24) is 24.3 Å². The summed E-state index contributed by atoms with van der Waals surface area (Å²) in [5, 5.41) is 26.9. The van der Waals surface area contributed by atoms with Crippen molar-refractivity contribution in [1.29, 1.82) is 0 Å². The molecule has 6 aromatic carbocycles. The number of hydrogen-bond donors (Lipinski definition) is 3. The van der Waals surface area contributed by atoms with Gasteiger partial charge in [0.2, 0.25) is 16.7 Å². The predicted molar refractivity (Wildman–Crippen MR) is 274 cm³/mol. The molecule has 0 radical (unpaired) electrons. The van der Waals surface area contributed by atoms with Crippen LogP contribution in [0, 0.1) is 17.5 Å². The summed E-state index contributed by atoms with van der Waals surface area (Å²) in [6.07, 6.45) is 2.49. The summed E-state index contributed by atoms with van der Waals surface area (Å²) in [6.45, 7) is 13.1. The van der Waals surface area contributed by atoms with E-state index >= 15 is 4.39 Å². The minimum Gasteiger partial charge on any atom is -0.487 e. The minimum absolute atomic E-state index is 0.0345. The second-order valence-corrected chi connectivity index (χ2v) is 18.9. The van der Waals surface area contributed by atoms with Crippen LogP contribution < -0.4 is 30.5 Å². The van der Waals surface area contributed by atoms with Crippen molar-refractivity contribution in [3.63, 3.8) is 0 Å². The van der Waals surface area contributed by atoms with Crippen LogP contribution in [0.15, 0.2) is 119 Å². The van der Waals surface area contributed by atoms with Gasteiger partial charge in [0.15, 0.2) is 23.1 Å². The highest BCUT2D eigenvalue weighted by Crippen LogP contribution is 2.42. The van der Waals surface area contributed by atoms with E-state index in [9.17, 15) is 33.1 Å². The number of halogens is 3. The summed E-state index contributed by atoms with van der Waals surface area (Å²) < 4.78 is 57.1. The molecular weight excluding hydrogens is 942 g/mol. The van der Waals surface area contributed by atoms with Crippen LogP contribution in [-0.2, 0) is 13.1 Å². The van der Waals surface area contributed by atoms with Crippen molar-refractivity contribution >= 4 is 61.0 Å². The highest BCUT2D eigenvalue weighted by atomic mass is 19.2. The predicted octanol–water partition coefficient (Wildman–Crippen LogP) is 8.44. The van der Waals surface area contributed by atoms with Crippen molar-refractivity contribution in [2.75, 3.05) is 70.5 Å². The molecule has 0 amide bonds. The third-order valence-corrected chi connectivity index (χ3v) is 14.2. The molecule has 6 heterocycles. The smallest absolute Gasteiger partial charge is 0.341 e. The molecule has 2 atom stereocenters. The Morgan fingerprint density at radius 1 is 0.589 bits per heavy atom. The number of aromatic carboxylic acids is 2. The number of nitrogens with one attached hydrogen (secondary N) is 1. The lowest BCUT2D eigenvalue weighted by atomic mass is 10.0. The molecule has 0 unspecified atom stereocenters. The molecule has 3 N–H and O–H groups in total. The van der Waals surface area contributed by atoms with Crippen LogP contribution in [0.5, 0.6) is 11.5 Å². The summed E-state index contributed by atoms with van der Waals surface area (Å²) in [6, 6.07) is 31.4. The van der Waals surface area contributed by atoms with Crippen molar-refractivity contribution in [3.8, 4) is 11.5 Å². The van der Waals surface area contributed by atoms with Gasteiger partial charge in [-0.2, -0.15) is 4.39 Å². The minimum atomic E-state index is -1.41. The summed E-state index contributed by atoms with van der Waals surface area (Å²) in [5.41, 5.74) is 1.19. The molecule has 73 heavy (non-hydrogen) atoms. The number of aromatic nitrogens is 2. The maximum atomic E-state index is 15.5. The zero-order valence-electron chi connectivity index (χ0n) is 40.2. The number of ether oxygens (including phenoxy) is 2. The molecule has 4 aliphatic heterocycles. The lowest BCUT2D eigenvalue weighted by Gasteiger charge is -2.38. The number of pyridine rings is 2. The average molecular weight is 995 g/mol. The van der Waals surface area contributed by atoms with Gasteiger partial charge in [-0.05, 0) is 58.7 Å². The topological polar surface area (TPSA) is 159 Å². The molecule has 2 aromatic heterocycles. The summed E-state index contributed by atoms with van der Waals surface area (Å²) in [7, 11) is 0. The van der Waals surface area contributed by atoms with Gasteiger partial charge in [-0.3, -0.25) is 19.4 Å². The van der Waals surface area contributed by atoms with Gasteiger partial charge in [-0.1, -0.05) is 84.9 Å². The number of piperazine rings is 2. The van der Waals surface area contributed by atoms with E-state index in [4.69, 9.17) is 14.6 Å². The van der Waals surface area contributed by atoms with E-state index in [0.29, 0.717) is 36.1 Å². The molecule has 17 heteroatoms. The molecule has 12 rings (SSSR count). The number of nitrogens with zero attached hydrogens (tertiary/aromatic N) is 5. The Kier molecular flexibility index (Phi) is 13.7. The van der Waals surface area contributed by atoms with Crippen molar-refractivity contribution in [2.45, 2.75) is 39.0 Å². The number of carboxylic acids is 2. The van der Waals surface area contributed by atoms with Gasteiger partial charge in [-0.15, -0.1) is 0 Å². The third-order valence-electron chi connectivity index (χ3n) is 14.2. The van der Waals surface area contributed by atoms with Gasteiger partial charge in [0.1, 0.15) is 30.0 Å². The van der Waals surface area contributed by atoms with Crippen molar-refractivity contribution in [3.05, 3.63) is 170 Å². The lowest BCUT2D eigenvalue weighted by Crippen LogP contribution is -2.46. The van der Waals surface area contributed by atoms with Crippen molar-refractivity contribution < 1.29 is 42.4 Å². The molecule has 2 saturated heterocycles. The molecule has 4 aliphatic rings. The van der Waals surface area contributed by atoms with Gasteiger partial charge in [0, 0.05) is 77.8 Å². The fraction of sp³-hybridized carbons (Fsp3) is 0.286. The standard InChI is InChI=1S/C28H26FN3O4.C15H18N2.C13H9F2NO4/c1-17-16-36-27-24-21(26(33)22(28(34)35)15-32(17)24)13-23(29)25(27)31-11-9-30(10-12-31)14-19-7-4-6-18-5-2-3-8-20(18)19;1-2-7-15-13(4-1)5-3-6-14(15)12-17-10-8-16-9-11-17;1-5-4-20-12-9(15)8(14)2-6-10(12)16(5)3-7(11(6)17)13(18)19/h2-8,13,15,17H,9-12,14,16H2,1H3,(H,34,35);1-7,16H,8-12H2;2-3,5H,4H2,1H3,(H,18,19)/t17-;;5-/m0.0/s1. The van der Waals surface area contributed by atoms with Crippen molar-refractivity contribution in [2.24, 2.45) is 0 Å². The Morgan fingerprint density at radius 3 is 1.56 bits per heavy atom. The third kappa shape index (κ3) is 9.46. The van der Waals surface area contributed by atoms with Gasteiger partial charge >= 0.3 is 11.9 Å². The van der Waals surface area contributed by atoms with E-state index in [1.165, 1.54) is 49.5 Å². The van der Waals surface area contributed by atoms with Gasteiger partial charge in [-0.25, -0.2) is 18.4 Å². The first kappa shape index (κ1) is 48.9. The maximum Gasteiger partial charge on any atom is 0.341 e. The molecule has 0 bridgehead atoms. The number of hydrogen-bond acceptors (Lipinski definition) is 10. The maximum absolute atomic E-state index is 15.5. The fourth-order valence-corrected chi connectivity index (χ4v) is 10.3. The Balaban J connectivity index is 0.000000139. The number of rotatable bonds is 7. The normalized spacial score (nSPS) is 17.6. The van der Waals surface area contributed by atoms with E-state index in [1.807, 2.05) is 17.9 Å². The number of anilines is 1. The van der Waals surface area contributed by atoms with E-state index in [-0.39, 0.29) is 52.9 Å². The number of carbonyl (C=O) groups is 2. The van der Waals surface area contributed by atoms with Crippen LogP contribution in [-0.4, -0.2) is 107 Å². The first-order valence-corrected chi connectivity index (χ1v) is 24.3. The second-order valence-electron chi connectivity index (χ2n) is 18.9. The Bertz CT molecular complexity index is 3580. The molecule has 0 spiro atoms. The highest BCUT2D eigenvalue weighted by Gasteiger charge is 2.32. The molecule has 376 valence electrons. The molecule has 2 fully saturated rings. The van der Waals surface area contributed by atoms with Crippen LogP contribution >= 0.6 is 0 Å². The quantitative estimate of drug-likeness (QED) is 0.140. The summed E-state index contributed by atoms with van der Waals surface area (Å²) in [4.78, 5) is 54.4. The zero-order valence-corrected chi connectivity index (χ0v) is 40.2. The number of fused-ring (bicyclic) bond motifs is 2. The van der Waals surface area contributed by atoms with E-state index in [2.05, 4.69) is 94.0 Å². The van der Waals surface area contributed by atoms with E-state index < -0.39 is 45.8 Å². The average Bonchev–Trinajstić information content (AvgIpc) is 3.39. The van der Waals surface area contributed by atoms with Gasteiger partial charge < -0.3 is 39.0 Å². The zero-order chi connectivity index (χ0) is 51.1. The van der Waals surface area contributed by atoms with Gasteiger partial charge in [0.25, 0.3) is 0 Å². The van der Waals surface area contributed by atoms with Crippen LogP contribution in [0.25, 0.3) is 43.4 Å². The van der Waals surface area contributed by atoms with Crippen LogP contribution in [0.1, 0.15) is 57.8 Å². The monoisotopic (exact) mass is 994 g/mol. The summed E-state index contributed by atoms with van der Waals surface area (Å²) >= 11 is 0. The molecule has 14 nitrogen and oxygen atoms in total. The Hall–Kier alpha value is -7.73. The molecule has 0 saturated carbocycles. The number of benzene rings is 6. The SMILES string of the molecule is C[C@H]1COc2c(F)c(F)cc3c(=O)c(C(=O)O)cn1c23.C[C@H]1COc2c(N3CCN(Cc4cccc5ccccc45)CC3)c(F)cc3c(=O)c(C(=O)O)cn1c23.c1ccc2c(CN3CCNCC3)cccc2c1. The molecular formula is C56H53F3N6O8.